The summed E-state index contributed by atoms with van der Waals surface area (Å²) < 4.78 is 10.4. The van der Waals surface area contributed by atoms with E-state index in [0.717, 1.165) is 12.8 Å². The first kappa shape index (κ1) is 17.0. The maximum absolute atomic E-state index is 11.9. The van der Waals surface area contributed by atoms with E-state index in [0.29, 0.717) is 19.4 Å². The zero-order valence-electron chi connectivity index (χ0n) is 13.0. The second kappa shape index (κ2) is 8.98. The van der Waals surface area contributed by atoms with Crippen LogP contribution in [-0.4, -0.2) is 24.6 Å². The smallest absolute Gasteiger partial charge is 0.309 e. The number of rotatable bonds is 9. The number of ether oxygens (including phenoxy) is 2. The van der Waals surface area contributed by atoms with E-state index in [9.17, 15) is 9.59 Å². The molecule has 1 unspecified atom stereocenters. The molecule has 0 spiro atoms. The minimum Gasteiger partial charge on any atom is -0.466 e. The van der Waals surface area contributed by atoms with Crippen molar-refractivity contribution in [1.29, 1.82) is 0 Å². The van der Waals surface area contributed by atoms with Gasteiger partial charge in [0.05, 0.1) is 18.4 Å². The van der Waals surface area contributed by atoms with Crippen molar-refractivity contribution in [2.45, 2.75) is 71.8 Å². The van der Waals surface area contributed by atoms with E-state index in [1.807, 2.05) is 6.92 Å². The van der Waals surface area contributed by atoms with E-state index in [1.54, 1.807) is 6.92 Å². The third-order valence-corrected chi connectivity index (χ3v) is 3.89. The van der Waals surface area contributed by atoms with Gasteiger partial charge in [-0.05, 0) is 26.2 Å². The van der Waals surface area contributed by atoms with Crippen molar-refractivity contribution in [2.24, 2.45) is 11.8 Å². The zero-order chi connectivity index (χ0) is 15.0. The predicted octanol–water partition coefficient (Wildman–Crippen LogP) is 3.48. The molecule has 0 saturated heterocycles. The molecule has 116 valence electrons. The molecule has 0 radical (unpaired) electrons. The van der Waals surface area contributed by atoms with Crippen LogP contribution in [0.2, 0.25) is 0 Å². The quantitative estimate of drug-likeness (QED) is 0.480. The lowest BCUT2D eigenvalue weighted by atomic mass is 9.82. The molecule has 0 bridgehead atoms. The molecule has 1 aliphatic carbocycles. The first-order valence-corrected chi connectivity index (χ1v) is 7.95. The minimum atomic E-state index is -0.160. The molecule has 0 aliphatic heterocycles. The first-order valence-electron chi connectivity index (χ1n) is 7.95. The van der Waals surface area contributed by atoms with E-state index < -0.39 is 0 Å². The fraction of sp³-hybridized carbons (Fsp3) is 0.875. The van der Waals surface area contributed by atoms with Crippen LogP contribution in [0.1, 0.15) is 65.7 Å². The van der Waals surface area contributed by atoms with Gasteiger partial charge in [0.25, 0.3) is 0 Å². The van der Waals surface area contributed by atoms with Gasteiger partial charge in [-0.25, -0.2) is 0 Å². The molecule has 1 aliphatic rings. The molecule has 0 N–H and O–H groups in total. The molecule has 1 saturated carbocycles. The molecule has 0 aromatic rings. The average Bonchev–Trinajstić information content (AvgIpc) is 2.38. The highest BCUT2D eigenvalue weighted by molar-refractivity contribution is 5.75. The summed E-state index contributed by atoms with van der Waals surface area (Å²) in [5.41, 5.74) is 0. The largest absolute Gasteiger partial charge is 0.466 e. The number of hydrogen-bond donors (Lipinski definition) is 0. The summed E-state index contributed by atoms with van der Waals surface area (Å²) in [6.45, 7) is 6.31. The van der Waals surface area contributed by atoms with Crippen molar-refractivity contribution in [1.82, 2.24) is 0 Å². The molecule has 0 heterocycles. The summed E-state index contributed by atoms with van der Waals surface area (Å²) in [7, 11) is 0. The second-order valence-corrected chi connectivity index (χ2v) is 5.73. The van der Waals surface area contributed by atoms with Gasteiger partial charge in [-0.2, -0.15) is 0 Å². The van der Waals surface area contributed by atoms with Crippen LogP contribution in [0.3, 0.4) is 0 Å². The fourth-order valence-electron chi connectivity index (χ4n) is 2.39. The molecule has 0 amide bonds. The van der Waals surface area contributed by atoms with Gasteiger partial charge in [0, 0.05) is 0 Å². The van der Waals surface area contributed by atoms with E-state index in [2.05, 4.69) is 6.92 Å². The van der Waals surface area contributed by atoms with Gasteiger partial charge in [0.1, 0.15) is 6.10 Å². The van der Waals surface area contributed by atoms with Crippen LogP contribution >= 0.6 is 0 Å². The Kier molecular flexibility index (Phi) is 7.63. The monoisotopic (exact) mass is 284 g/mol. The van der Waals surface area contributed by atoms with Crippen LogP contribution in [0.4, 0.5) is 0 Å². The van der Waals surface area contributed by atoms with Gasteiger partial charge in [0.2, 0.25) is 0 Å². The Hall–Kier alpha value is -1.06. The Morgan fingerprint density at radius 2 is 1.85 bits per heavy atom. The van der Waals surface area contributed by atoms with Crippen LogP contribution in [0.15, 0.2) is 0 Å². The van der Waals surface area contributed by atoms with Crippen LogP contribution < -0.4 is 0 Å². The Morgan fingerprint density at radius 1 is 1.15 bits per heavy atom. The third-order valence-electron chi connectivity index (χ3n) is 3.89. The van der Waals surface area contributed by atoms with E-state index >= 15 is 0 Å². The number of esters is 2. The van der Waals surface area contributed by atoms with Crippen molar-refractivity contribution in [3.05, 3.63) is 0 Å². The standard InChI is InChI=1S/C16H28O4/c1-4-6-7-8-9-12(3)15(17)20-14-10-13(11-14)16(18)19-5-2/h12-14H,4-11H2,1-3H3. The molecular weight excluding hydrogens is 256 g/mol. The number of carbonyl (C=O) groups is 2. The lowest BCUT2D eigenvalue weighted by molar-refractivity contribution is -0.169. The third kappa shape index (κ3) is 5.51. The van der Waals surface area contributed by atoms with Gasteiger partial charge in [-0.1, -0.05) is 39.5 Å². The predicted molar refractivity (Wildman–Crippen MR) is 77.2 cm³/mol. The van der Waals surface area contributed by atoms with Crippen molar-refractivity contribution in [3.63, 3.8) is 0 Å². The highest BCUT2D eigenvalue weighted by Gasteiger charge is 2.38. The van der Waals surface area contributed by atoms with E-state index in [-0.39, 0.29) is 29.9 Å². The lowest BCUT2D eigenvalue weighted by Crippen LogP contribution is -2.39. The van der Waals surface area contributed by atoms with Gasteiger partial charge >= 0.3 is 11.9 Å². The molecule has 4 heteroatoms. The second-order valence-electron chi connectivity index (χ2n) is 5.73. The van der Waals surface area contributed by atoms with Crippen molar-refractivity contribution in [3.8, 4) is 0 Å². The summed E-state index contributed by atoms with van der Waals surface area (Å²) in [6.07, 6.45) is 6.74. The molecule has 20 heavy (non-hydrogen) atoms. The Labute approximate surface area is 122 Å². The normalized spacial score (nSPS) is 22.8. The van der Waals surface area contributed by atoms with Crippen molar-refractivity contribution >= 4 is 11.9 Å². The Bertz CT molecular complexity index is 308. The van der Waals surface area contributed by atoms with Crippen LogP contribution in [0.5, 0.6) is 0 Å². The Balaban J connectivity index is 2.13. The van der Waals surface area contributed by atoms with E-state index in [4.69, 9.17) is 9.47 Å². The summed E-state index contributed by atoms with van der Waals surface area (Å²) in [4.78, 5) is 23.3. The zero-order valence-corrected chi connectivity index (χ0v) is 13.0. The molecular formula is C16H28O4. The number of carbonyl (C=O) groups excluding carboxylic acids is 2. The number of hydrogen-bond acceptors (Lipinski definition) is 4. The highest BCUT2D eigenvalue weighted by Crippen LogP contribution is 2.32. The molecule has 1 atom stereocenters. The fourth-order valence-corrected chi connectivity index (χ4v) is 2.39. The highest BCUT2D eigenvalue weighted by atomic mass is 16.6. The topological polar surface area (TPSA) is 52.6 Å². The van der Waals surface area contributed by atoms with Crippen molar-refractivity contribution in [2.75, 3.05) is 6.61 Å². The summed E-state index contributed by atoms with van der Waals surface area (Å²) in [6, 6.07) is 0. The molecule has 1 fully saturated rings. The first-order chi connectivity index (χ1) is 9.58. The number of unbranched alkanes of at least 4 members (excludes halogenated alkanes) is 3. The summed E-state index contributed by atoms with van der Waals surface area (Å²) in [5, 5.41) is 0. The molecule has 0 aromatic heterocycles. The van der Waals surface area contributed by atoms with Gasteiger partial charge in [0.15, 0.2) is 0 Å². The van der Waals surface area contributed by atoms with Crippen LogP contribution in [-0.2, 0) is 19.1 Å². The SMILES string of the molecule is CCCCCCC(C)C(=O)OC1CC(C(=O)OCC)C1. The Morgan fingerprint density at radius 3 is 2.45 bits per heavy atom. The van der Waals surface area contributed by atoms with Gasteiger partial charge in [-0.15, -0.1) is 0 Å². The maximum atomic E-state index is 11.9. The van der Waals surface area contributed by atoms with Gasteiger partial charge < -0.3 is 9.47 Å². The van der Waals surface area contributed by atoms with Gasteiger partial charge in [-0.3, -0.25) is 9.59 Å². The van der Waals surface area contributed by atoms with Crippen LogP contribution in [0.25, 0.3) is 0 Å². The maximum Gasteiger partial charge on any atom is 0.309 e. The molecule has 0 aromatic carbocycles. The summed E-state index contributed by atoms with van der Waals surface area (Å²) >= 11 is 0. The van der Waals surface area contributed by atoms with Crippen molar-refractivity contribution < 1.29 is 19.1 Å². The lowest BCUT2D eigenvalue weighted by Gasteiger charge is -2.33. The summed E-state index contributed by atoms with van der Waals surface area (Å²) in [5.74, 6) is -0.387. The molecule has 1 rings (SSSR count). The van der Waals surface area contributed by atoms with Crippen LogP contribution in [0, 0.1) is 11.8 Å². The van der Waals surface area contributed by atoms with E-state index in [1.165, 1.54) is 19.3 Å². The minimum absolute atomic E-state index is 0.0338. The average molecular weight is 284 g/mol. The molecule has 4 nitrogen and oxygen atoms in total.